The number of hydrogen-bond acceptors (Lipinski definition) is 5. The van der Waals surface area contributed by atoms with Crippen molar-refractivity contribution in [3.63, 3.8) is 0 Å². The number of aliphatic imine (C=N–C) groups is 1. The van der Waals surface area contributed by atoms with Crippen molar-refractivity contribution in [2.24, 2.45) is 4.99 Å². The van der Waals surface area contributed by atoms with Crippen LogP contribution in [0.25, 0.3) is 0 Å². The molecule has 0 atom stereocenters. The Labute approximate surface area is 178 Å². The molecule has 0 bridgehead atoms. The molecule has 1 aliphatic heterocycles. The van der Waals surface area contributed by atoms with E-state index in [0.717, 1.165) is 56.7 Å². The molecule has 7 nitrogen and oxygen atoms in total. The van der Waals surface area contributed by atoms with Crippen LogP contribution in [-0.4, -0.2) is 62.2 Å². The first kappa shape index (κ1) is 22.1. The monoisotopic (exact) mass is 416 g/mol. The Morgan fingerprint density at radius 2 is 1.83 bits per heavy atom. The highest BCUT2D eigenvalue weighted by molar-refractivity contribution is 5.79. The van der Waals surface area contributed by atoms with Gasteiger partial charge in [0.05, 0.1) is 12.7 Å². The first-order chi connectivity index (χ1) is 14.3. The first-order valence-electron chi connectivity index (χ1n) is 10.5. The first-order valence-corrected chi connectivity index (χ1v) is 10.5. The largest absolute Gasteiger partial charge is 0.443 e. The quantitative estimate of drug-likeness (QED) is 0.557. The summed E-state index contributed by atoms with van der Waals surface area (Å²) in [5.74, 6) is 2.07. The molecule has 8 heteroatoms. The number of halogens is 1. The molecule has 30 heavy (non-hydrogen) atoms. The van der Waals surface area contributed by atoms with Gasteiger partial charge in [-0.2, -0.15) is 0 Å². The van der Waals surface area contributed by atoms with Crippen molar-refractivity contribution in [1.82, 2.24) is 20.5 Å². The van der Waals surface area contributed by atoms with Crippen LogP contribution in [0.2, 0.25) is 0 Å². The predicted octanol–water partition coefficient (Wildman–Crippen LogP) is 2.60. The van der Waals surface area contributed by atoms with Crippen molar-refractivity contribution in [3.8, 4) is 0 Å². The zero-order valence-corrected chi connectivity index (χ0v) is 18.4. The summed E-state index contributed by atoms with van der Waals surface area (Å²) in [4.78, 5) is 13.3. The summed E-state index contributed by atoms with van der Waals surface area (Å²) in [6, 6.07) is 6.74. The van der Waals surface area contributed by atoms with Gasteiger partial charge in [-0.15, -0.1) is 0 Å². The number of nitrogens with zero attached hydrogens (tertiary/aromatic N) is 4. The number of rotatable bonds is 6. The summed E-state index contributed by atoms with van der Waals surface area (Å²) in [6.45, 7) is 12.4. The molecule has 3 rings (SSSR count). The molecule has 0 radical (unpaired) electrons. The van der Waals surface area contributed by atoms with Gasteiger partial charge in [-0.1, -0.05) is 20.8 Å². The third kappa shape index (κ3) is 6.19. The summed E-state index contributed by atoms with van der Waals surface area (Å²) in [5.41, 5.74) is 1.03. The minimum absolute atomic E-state index is 0.0497. The van der Waals surface area contributed by atoms with Gasteiger partial charge in [-0.05, 0) is 24.3 Å². The van der Waals surface area contributed by atoms with Crippen molar-refractivity contribution >= 4 is 11.6 Å². The van der Waals surface area contributed by atoms with Crippen molar-refractivity contribution < 1.29 is 8.81 Å². The topological polar surface area (TPSA) is 68.9 Å². The summed E-state index contributed by atoms with van der Waals surface area (Å²) >= 11 is 0. The molecule has 2 N–H and O–H groups in total. The van der Waals surface area contributed by atoms with Gasteiger partial charge in [-0.3, -0.25) is 9.89 Å². The maximum Gasteiger partial charge on any atom is 0.213 e. The van der Waals surface area contributed by atoms with E-state index in [1.165, 1.54) is 12.1 Å². The van der Waals surface area contributed by atoms with Crippen LogP contribution in [0.4, 0.5) is 10.1 Å². The second-order valence-electron chi connectivity index (χ2n) is 8.53. The molecule has 2 heterocycles. The Morgan fingerprint density at radius 1 is 1.13 bits per heavy atom. The molecule has 0 spiro atoms. The highest BCUT2D eigenvalue weighted by Gasteiger charge is 2.19. The maximum absolute atomic E-state index is 13.1. The fourth-order valence-electron chi connectivity index (χ4n) is 3.33. The zero-order valence-electron chi connectivity index (χ0n) is 18.4. The van der Waals surface area contributed by atoms with Crippen LogP contribution in [0, 0.1) is 5.82 Å². The third-order valence-corrected chi connectivity index (χ3v) is 5.21. The number of oxazole rings is 1. The second kappa shape index (κ2) is 9.93. The van der Waals surface area contributed by atoms with E-state index in [1.54, 1.807) is 13.2 Å². The number of benzene rings is 1. The molecule has 1 aliphatic rings. The molecular weight excluding hydrogens is 383 g/mol. The number of anilines is 1. The molecule has 1 saturated heterocycles. The SMILES string of the molecule is CN=C(NCCN1CCN(c2ccc(F)cc2)CC1)NCc1ncc(C(C)(C)C)o1. The van der Waals surface area contributed by atoms with Gasteiger partial charge < -0.3 is 20.0 Å². The van der Waals surface area contributed by atoms with Gasteiger partial charge in [0.15, 0.2) is 5.96 Å². The van der Waals surface area contributed by atoms with E-state index in [1.807, 2.05) is 12.1 Å². The van der Waals surface area contributed by atoms with Gasteiger partial charge >= 0.3 is 0 Å². The minimum atomic E-state index is -0.192. The van der Waals surface area contributed by atoms with E-state index in [4.69, 9.17) is 4.42 Å². The molecule has 1 aromatic heterocycles. The second-order valence-corrected chi connectivity index (χ2v) is 8.53. The Hall–Kier alpha value is -2.61. The third-order valence-electron chi connectivity index (χ3n) is 5.21. The smallest absolute Gasteiger partial charge is 0.213 e. The van der Waals surface area contributed by atoms with Crippen LogP contribution in [-0.2, 0) is 12.0 Å². The fraction of sp³-hybridized carbons (Fsp3) is 0.545. The molecule has 0 saturated carbocycles. The van der Waals surface area contributed by atoms with E-state index in [2.05, 4.69) is 51.2 Å². The van der Waals surface area contributed by atoms with Crippen LogP contribution in [0.5, 0.6) is 0 Å². The Bertz CT molecular complexity index is 819. The van der Waals surface area contributed by atoms with Crippen LogP contribution >= 0.6 is 0 Å². The molecule has 1 aromatic carbocycles. The fourth-order valence-corrected chi connectivity index (χ4v) is 3.33. The van der Waals surface area contributed by atoms with E-state index >= 15 is 0 Å². The summed E-state index contributed by atoms with van der Waals surface area (Å²) in [5, 5.41) is 6.59. The molecule has 164 valence electrons. The lowest BCUT2D eigenvalue weighted by molar-refractivity contribution is 0.261. The lowest BCUT2D eigenvalue weighted by Gasteiger charge is -2.36. The Kier molecular flexibility index (Phi) is 7.31. The summed E-state index contributed by atoms with van der Waals surface area (Å²) < 4.78 is 18.9. The molecular formula is C22H33FN6O. The van der Waals surface area contributed by atoms with Gasteiger partial charge in [0.1, 0.15) is 11.6 Å². The van der Waals surface area contributed by atoms with Crippen LogP contribution in [0.3, 0.4) is 0 Å². The van der Waals surface area contributed by atoms with E-state index < -0.39 is 0 Å². The van der Waals surface area contributed by atoms with E-state index in [9.17, 15) is 4.39 Å². The standard InChI is InChI=1S/C22H33FN6O/c1-22(2,3)19-15-26-20(30-19)16-27-21(24-4)25-9-10-28-11-13-29(14-12-28)18-7-5-17(23)6-8-18/h5-8,15H,9-14,16H2,1-4H3,(H2,24,25,27). The Balaban J connectivity index is 1.36. The van der Waals surface area contributed by atoms with Crippen molar-refractivity contribution in [3.05, 3.63) is 47.9 Å². The van der Waals surface area contributed by atoms with Gasteiger partial charge in [-0.25, -0.2) is 9.37 Å². The normalized spacial score (nSPS) is 16.0. The minimum Gasteiger partial charge on any atom is -0.443 e. The van der Waals surface area contributed by atoms with Crippen molar-refractivity contribution in [2.75, 3.05) is 51.2 Å². The predicted molar refractivity (Wildman–Crippen MR) is 118 cm³/mol. The number of guanidine groups is 1. The molecule has 1 fully saturated rings. The molecule has 0 amide bonds. The average Bonchev–Trinajstić information content (AvgIpc) is 3.21. The lowest BCUT2D eigenvalue weighted by atomic mass is 9.94. The average molecular weight is 417 g/mol. The summed E-state index contributed by atoms with van der Waals surface area (Å²) in [6.07, 6.45) is 1.79. The highest BCUT2D eigenvalue weighted by Crippen LogP contribution is 2.22. The number of hydrogen-bond donors (Lipinski definition) is 2. The van der Waals surface area contributed by atoms with E-state index in [-0.39, 0.29) is 11.2 Å². The number of piperazine rings is 1. The van der Waals surface area contributed by atoms with Gasteiger partial charge in [0, 0.05) is 57.4 Å². The molecule has 0 aliphatic carbocycles. The lowest BCUT2D eigenvalue weighted by Crippen LogP contribution is -2.49. The van der Waals surface area contributed by atoms with Crippen LogP contribution < -0.4 is 15.5 Å². The zero-order chi connectivity index (χ0) is 21.6. The molecule has 2 aromatic rings. The highest BCUT2D eigenvalue weighted by atomic mass is 19.1. The maximum atomic E-state index is 13.1. The van der Waals surface area contributed by atoms with Crippen molar-refractivity contribution in [2.45, 2.75) is 32.7 Å². The van der Waals surface area contributed by atoms with Gasteiger partial charge in [0.25, 0.3) is 0 Å². The number of nitrogens with one attached hydrogen (secondary N) is 2. The van der Waals surface area contributed by atoms with E-state index in [0.29, 0.717) is 12.4 Å². The Morgan fingerprint density at radius 3 is 2.43 bits per heavy atom. The number of aromatic nitrogens is 1. The van der Waals surface area contributed by atoms with Crippen LogP contribution in [0.1, 0.15) is 32.4 Å². The van der Waals surface area contributed by atoms with Gasteiger partial charge in [0.2, 0.25) is 5.89 Å². The molecule has 0 unspecified atom stereocenters. The van der Waals surface area contributed by atoms with Crippen LogP contribution in [0.15, 0.2) is 39.9 Å². The van der Waals surface area contributed by atoms with Crippen molar-refractivity contribution in [1.29, 1.82) is 0 Å². The summed E-state index contributed by atoms with van der Waals surface area (Å²) in [7, 11) is 1.76.